The van der Waals surface area contributed by atoms with Crippen LogP contribution in [0.5, 0.6) is 0 Å². The molecule has 1 aromatic carbocycles. The van der Waals surface area contributed by atoms with Crippen LogP contribution in [-0.2, 0) is 20.7 Å². The van der Waals surface area contributed by atoms with Crippen molar-refractivity contribution in [1.29, 1.82) is 0 Å². The number of cyclic esters (lactones) is 1. The Hall–Kier alpha value is -2.10. The van der Waals surface area contributed by atoms with Crippen LogP contribution in [0.25, 0.3) is 0 Å². The molecular weight excluding hydrogens is 266 g/mol. The molecule has 1 atom stereocenters. The second kappa shape index (κ2) is 7.62. The minimum atomic E-state index is -0.272. The third kappa shape index (κ3) is 4.74. The number of nitrogens with two attached hydrogens (primary N) is 1. The highest BCUT2D eigenvalue weighted by Gasteiger charge is 2.34. The second-order valence-corrected chi connectivity index (χ2v) is 5.29. The van der Waals surface area contributed by atoms with Gasteiger partial charge in [0, 0.05) is 6.42 Å². The Morgan fingerprint density at radius 2 is 2.00 bits per heavy atom. The number of ether oxygens (including phenoxy) is 1. The number of esters is 1. The Balaban J connectivity index is 1.74. The van der Waals surface area contributed by atoms with Gasteiger partial charge in [0.05, 0.1) is 5.57 Å². The molecule has 0 aliphatic carbocycles. The molecule has 1 unspecified atom stereocenters. The maximum atomic E-state index is 11.5. The molecule has 0 bridgehead atoms. The van der Waals surface area contributed by atoms with Crippen LogP contribution in [0.1, 0.15) is 37.7 Å². The van der Waals surface area contributed by atoms with Crippen molar-refractivity contribution in [1.82, 2.24) is 0 Å². The highest BCUT2D eigenvalue weighted by Crippen LogP contribution is 2.26. The first-order valence-corrected chi connectivity index (χ1v) is 7.40. The zero-order chi connectivity index (χ0) is 15.1. The lowest BCUT2D eigenvalue weighted by Crippen LogP contribution is -2.37. The van der Waals surface area contributed by atoms with Gasteiger partial charge in [-0.1, -0.05) is 36.4 Å². The number of amides is 1. The minimum absolute atomic E-state index is 0.0751. The van der Waals surface area contributed by atoms with Gasteiger partial charge in [0.25, 0.3) is 0 Å². The molecule has 112 valence electrons. The zero-order valence-electron chi connectivity index (χ0n) is 12.1. The lowest BCUT2D eigenvalue weighted by molar-refractivity contribution is -0.156. The van der Waals surface area contributed by atoms with Gasteiger partial charge in [-0.25, -0.2) is 4.79 Å². The van der Waals surface area contributed by atoms with E-state index >= 15 is 0 Å². The summed E-state index contributed by atoms with van der Waals surface area (Å²) in [4.78, 5) is 22.1. The van der Waals surface area contributed by atoms with Crippen molar-refractivity contribution in [2.75, 3.05) is 0 Å². The van der Waals surface area contributed by atoms with E-state index in [0.29, 0.717) is 6.42 Å². The Bertz CT molecular complexity index is 522. The van der Waals surface area contributed by atoms with Crippen molar-refractivity contribution in [3.63, 3.8) is 0 Å². The van der Waals surface area contributed by atoms with Crippen molar-refractivity contribution in [2.24, 2.45) is 5.73 Å². The van der Waals surface area contributed by atoms with Crippen molar-refractivity contribution in [3.8, 4) is 0 Å². The summed E-state index contributed by atoms with van der Waals surface area (Å²) in [5.74, 6) is -0.477. The summed E-state index contributed by atoms with van der Waals surface area (Å²) in [6.07, 6.45) is 6.43. The number of aryl methyl sites for hydroxylation is 1. The highest BCUT2D eigenvalue weighted by molar-refractivity contribution is 5.95. The molecule has 0 saturated carbocycles. The number of carbonyl (C=O) groups excluding carboxylic acids is 2. The van der Waals surface area contributed by atoms with Gasteiger partial charge in [-0.15, -0.1) is 0 Å². The first-order chi connectivity index (χ1) is 10.2. The normalized spacial score (nSPS) is 19.1. The van der Waals surface area contributed by atoms with Crippen LogP contribution >= 0.6 is 0 Å². The lowest BCUT2D eigenvalue weighted by Gasteiger charge is -2.29. The first-order valence-electron chi connectivity index (χ1n) is 7.40. The van der Waals surface area contributed by atoms with Gasteiger partial charge in [0.2, 0.25) is 5.91 Å². The molecule has 1 fully saturated rings. The highest BCUT2D eigenvalue weighted by atomic mass is 16.6. The van der Waals surface area contributed by atoms with Crippen LogP contribution in [0, 0.1) is 0 Å². The van der Waals surface area contributed by atoms with E-state index in [-0.39, 0.29) is 18.0 Å². The largest absolute Gasteiger partial charge is 0.454 e. The molecule has 0 radical (unpaired) electrons. The number of benzene rings is 1. The van der Waals surface area contributed by atoms with Crippen LogP contribution in [0.3, 0.4) is 0 Å². The van der Waals surface area contributed by atoms with Crippen LogP contribution < -0.4 is 5.73 Å². The summed E-state index contributed by atoms with van der Waals surface area (Å²) in [5.41, 5.74) is 7.12. The molecule has 1 aromatic rings. The van der Waals surface area contributed by atoms with Crippen LogP contribution in [0.4, 0.5) is 0 Å². The quantitative estimate of drug-likeness (QED) is 0.454. The van der Waals surface area contributed by atoms with Crippen molar-refractivity contribution >= 4 is 11.9 Å². The van der Waals surface area contributed by atoms with Gasteiger partial charge < -0.3 is 10.5 Å². The summed E-state index contributed by atoms with van der Waals surface area (Å²) in [7, 11) is 0. The molecule has 4 heteroatoms. The van der Waals surface area contributed by atoms with E-state index in [1.165, 1.54) is 5.56 Å². The molecule has 1 saturated heterocycles. The lowest BCUT2D eigenvalue weighted by atomic mass is 9.96. The predicted octanol–water partition coefficient (Wildman–Crippen LogP) is 2.52. The van der Waals surface area contributed by atoms with Crippen molar-refractivity contribution in [3.05, 3.63) is 47.5 Å². The van der Waals surface area contributed by atoms with E-state index in [9.17, 15) is 9.59 Å². The summed E-state index contributed by atoms with van der Waals surface area (Å²) in [6.45, 7) is 0. The van der Waals surface area contributed by atoms with E-state index < -0.39 is 0 Å². The average Bonchev–Trinajstić information content (AvgIpc) is 2.47. The van der Waals surface area contributed by atoms with E-state index in [4.69, 9.17) is 10.5 Å². The smallest absolute Gasteiger partial charge is 0.338 e. The standard InChI is InChI=1S/C17H21NO3/c18-16(19)10-6-2-5-9-14-15(21-17(14)20)12-11-13-7-3-1-4-8-13/h1,3-4,7-9,15H,2,5-6,10-12H2,(H2,18,19). The number of allylic oxidation sites excluding steroid dienone is 1. The van der Waals surface area contributed by atoms with Gasteiger partial charge in [-0.05, 0) is 37.7 Å². The Labute approximate surface area is 125 Å². The molecule has 2 N–H and O–H groups in total. The van der Waals surface area contributed by atoms with E-state index in [2.05, 4.69) is 12.1 Å². The topological polar surface area (TPSA) is 69.4 Å². The summed E-state index contributed by atoms with van der Waals surface area (Å²) < 4.78 is 5.19. The molecule has 1 heterocycles. The molecule has 1 aliphatic rings. The van der Waals surface area contributed by atoms with Gasteiger partial charge in [0.15, 0.2) is 0 Å². The molecule has 4 nitrogen and oxygen atoms in total. The number of hydrogen-bond acceptors (Lipinski definition) is 3. The SMILES string of the molecule is NC(=O)CCCCC=C1C(=O)OC1CCc1ccccc1. The minimum Gasteiger partial charge on any atom is -0.454 e. The van der Waals surface area contributed by atoms with Crippen molar-refractivity contribution in [2.45, 2.75) is 44.6 Å². The predicted molar refractivity (Wildman–Crippen MR) is 80.4 cm³/mol. The number of unbranched alkanes of at least 4 members (excludes halogenated alkanes) is 2. The number of hydrogen-bond donors (Lipinski definition) is 1. The second-order valence-electron chi connectivity index (χ2n) is 5.29. The fourth-order valence-electron chi connectivity index (χ4n) is 2.41. The average molecular weight is 287 g/mol. The Morgan fingerprint density at radius 1 is 1.24 bits per heavy atom. The summed E-state index contributed by atoms with van der Waals surface area (Å²) >= 11 is 0. The molecule has 21 heavy (non-hydrogen) atoms. The first kappa shape index (κ1) is 15.3. The van der Waals surface area contributed by atoms with E-state index in [1.54, 1.807) is 0 Å². The third-order valence-corrected chi connectivity index (χ3v) is 3.61. The van der Waals surface area contributed by atoms with E-state index in [0.717, 1.165) is 37.7 Å². The fraction of sp³-hybridized carbons (Fsp3) is 0.412. The van der Waals surface area contributed by atoms with Crippen LogP contribution in [-0.4, -0.2) is 18.0 Å². The van der Waals surface area contributed by atoms with Gasteiger partial charge in [0.1, 0.15) is 6.10 Å². The zero-order valence-corrected chi connectivity index (χ0v) is 12.1. The molecular formula is C17H21NO3. The van der Waals surface area contributed by atoms with Gasteiger partial charge >= 0.3 is 5.97 Å². The van der Waals surface area contributed by atoms with Crippen LogP contribution in [0.15, 0.2) is 42.0 Å². The maximum absolute atomic E-state index is 11.5. The molecule has 2 rings (SSSR count). The molecule has 0 aromatic heterocycles. The number of rotatable bonds is 8. The fourth-order valence-corrected chi connectivity index (χ4v) is 2.41. The van der Waals surface area contributed by atoms with Gasteiger partial charge in [-0.3, -0.25) is 4.79 Å². The Kier molecular flexibility index (Phi) is 5.55. The third-order valence-electron chi connectivity index (χ3n) is 3.61. The molecule has 1 amide bonds. The summed E-state index contributed by atoms with van der Waals surface area (Å²) in [5, 5.41) is 0. The molecule has 1 aliphatic heterocycles. The monoisotopic (exact) mass is 287 g/mol. The number of primary amides is 1. The summed E-state index contributed by atoms with van der Waals surface area (Å²) in [6, 6.07) is 10.2. The van der Waals surface area contributed by atoms with Crippen LogP contribution in [0.2, 0.25) is 0 Å². The number of carbonyl (C=O) groups is 2. The van der Waals surface area contributed by atoms with Crippen molar-refractivity contribution < 1.29 is 14.3 Å². The van der Waals surface area contributed by atoms with E-state index in [1.807, 2.05) is 24.3 Å². The maximum Gasteiger partial charge on any atom is 0.338 e. The Morgan fingerprint density at radius 3 is 2.67 bits per heavy atom. The molecule has 0 spiro atoms. The van der Waals surface area contributed by atoms with Gasteiger partial charge in [-0.2, -0.15) is 0 Å².